The Balaban J connectivity index is 0.000000383. The van der Waals surface area contributed by atoms with E-state index in [0.29, 0.717) is 27.4 Å². The number of alkyl halides is 3. The van der Waals surface area contributed by atoms with Gasteiger partial charge in [-0.05, 0) is 24.3 Å². The van der Waals surface area contributed by atoms with Crippen LogP contribution in [0, 0.1) is 0 Å². The van der Waals surface area contributed by atoms with E-state index in [1.165, 1.54) is 6.33 Å². The van der Waals surface area contributed by atoms with Crippen molar-refractivity contribution in [3.8, 4) is 11.5 Å². The maximum Gasteiger partial charge on any atom is 0.490 e. The maximum atomic E-state index is 10.6. The number of benzene rings is 2. The highest BCUT2D eigenvalue weighted by Gasteiger charge is 2.38. The Kier molecular flexibility index (Phi) is 7.67. The van der Waals surface area contributed by atoms with Gasteiger partial charge in [0.2, 0.25) is 0 Å². The van der Waals surface area contributed by atoms with Crippen LogP contribution in [0.1, 0.15) is 0 Å². The Bertz CT molecular complexity index is 1160. The van der Waals surface area contributed by atoms with Gasteiger partial charge in [0.1, 0.15) is 18.2 Å². The number of fused-ring (bicyclic) bond motifs is 1. The molecule has 0 unspecified atom stereocenters. The minimum atomic E-state index is -5.08. The summed E-state index contributed by atoms with van der Waals surface area (Å²) in [5.74, 6) is -0.804. The van der Waals surface area contributed by atoms with Crippen LogP contribution in [0.25, 0.3) is 10.9 Å². The Labute approximate surface area is 195 Å². The SMILES string of the molecule is COc1cc2ncnc(Nc3ccc(Cl)c(Cl)c3)c2cc1OC1CNC1.O=C(O)C(F)(F)F. The van der Waals surface area contributed by atoms with E-state index >= 15 is 0 Å². The summed E-state index contributed by atoms with van der Waals surface area (Å²) in [6.45, 7) is 1.64. The van der Waals surface area contributed by atoms with E-state index in [1.54, 1.807) is 19.2 Å². The minimum absolute atomic E-state index is 0.137. The molecule has 2 aromatic carbocycles. The van der Waals surface area contributed by atoms with Crippen LogP contribution in [-0.4, -0.2) is 53.5 Å². The molecular formula is C20H17Cl2F3N4O4. The van der Waals surface area contributed by atoms with Gasteiger partial charge in [-0.15, -0.1) is 0 Å². The molecule has 4 rings (SSSR count). The molecule has 176 valence electrons. The third-order valence-electron chi connectivity index (χ3n) is 4.38. The normalized spacial score (nSPS) is 13.5. The molecule has 2 heterocycles. The zero-order valence-electron chi connectivity index (χ0n) is 16.9. The molecule has 8 nitrogen and oxygen atoms in total. The summed E-state index contributed by atoms with van der Waals surface area (Å²) >= 11 is 12.1. The van der Waals surface area contributed by atoms with Gasteiger partial charge in [0.15, 0.2) is 11.5 Å². The van der Waals surface area contributed by atoms with Crippen LogP contribution >= 0.6 is 23.2 Å². The van der Waals surface area contributed by atoms with E-state index in [1.807, 2.05) is 18.2 Å². The molecular weight excluding hydrogens is 488 g/mol. The second-order valence-corrected chi connectivity index (χ2v) is 7.51. The van der Waals surface area contributed by atoms with Crippen LogP contribution in [0.2, 0.25) is 10.0 Å². The van der Waals surface area contributed by atoms with Crippen LogP contribution < -0.4 is 20.1 Å². The topological polar surface area (TPSA) is 106 Å². The molecule has 0 saturated carbocycles. The van der Waals surface area contributed by atoms with Gasteiger partial charge in [0.25, 0.3) is 0 Å². The summed E-state index contributed by atoms with van der Waals surface area (Å²) < 4.78 is 43.2. The largest absolute Gasteiger partial charge is 0.493 e. The Morgan fingerprint density at radius 3 is 2.39 bits per heavy atom. The number of aromatic nitrogens is 2. The van der Waals surface area contributed by atoms with Crippen molar-refractivity contribution < 1.29 is 32.5 Å². The molecule has 1 aromatic heterocycles. The molecule has 0 atom stereocenters. The summed E-state index contributed by atoms with van der Waals surface area (Å²) in [5.41, 5.74) is 1.53. The predicted octanol–water partition coefficient (Wildman–Crippen LogP) is 4.67. The van der Waals surface area contributed by atoms with Crippen LogP contribution in [0.3, 0.4) is 0 Å². The number of ether oxygens (including phenoxy) is 2. The fourth-order valence-corrected chi connectivity index (χ4v) is 2.95. The number of hydrogen-bond acceptors (Lipinski definition) is 7. The zero-order valence-corrected chi connectivity index (χ0v) is 18.4. The number of rotatable bonds is 5. The highest BCUT2D eigenvalue weighted by Crippen LogP contribution is 2.36. The number of halogens is 5. The Morgan fingerprint density at radius 1 is 1.15 bits per heavy atom. The van der Waals surface area contributed by atoms with Gasteiger partial charge in [-0.2, -0.15) is 13.2 Å². The van der Waals surface area contributed by atoms with Crippen molar-refractivity contribution >= 4 is 51.6 Å². The highest BCUT2D eigenvalue weighted by molar-refractivity contribution is 6.42. The van der Waals surface area contributed by atoms with Crippen molar-refractivity contribution in [2.45, 2.75) is 12.3 Å². The van der Waals surface area contributed by atoms with Crippen LogP contribution in [-0.2, 0) is 4.79 Å². The quantitative estimate of drug-likeness (QED) is 0.460. The highest BCUT2D eigenvalue weighted by atomic mass is 35.5. The number of methoxy groups -OCH3 is 1. The molecule has 33 heavy (non-hydrogen) atoms. The molecule has 0 radical (unpaired) electrons. The van der Waals surface area contributed by atoms with Crippen LogP contribution in [0.4, 0.5) is 24.7 Å². The van der Waals surface area contributed by atoms with Gasteiger partial charge < -0.3 is 25.2 Å². The lowest BCUT2D eigenvalue weighted by molar-refractivity contribution is -0.192. The lowest BCUT2D eigenvalue weighted by Gasteiger charge is -2.28. The standard InChI is InChI=1S/C18H16Cl2N4O2.C2HF3O2/c1-25-16-6-15-12(5-17(16)26-11-7-21-8-11)18(23-9-22-15)24-10-2-3-13(19)14(20)4-10;3-2(4,5)1(6)7/h2-6,9,11,21H,7-8H2,1H3,(H,22,23,24);(H,6,7). The number of carboxylic acids is 1. The fraction of sp³-hybridized carbons (Fsp3) is 0.250. The monoisotopic (exact) mass is 504 g/mol. The fourth-order valence-electron chi connectivity index (χ4n) is 2.65. The van der Waals surface area contributed by atoms with Crippen molar-refractivity contribution in [1.82, 2.24) is 15.3 Å². The van der Waals surface area contributed by atoms with Gasteiger partial charge in [-0.25, -0.2) is 14.8 Å². The first-order valence-corrected chi connectivity index (χ1v) is 10.1. The lowest BCUT2D eigenvalue weighted by atomic mass is 10.2. The molecule has 3 N–H and O–H groups in total. The number of nitrogens with zero attached hydrogens (tertiary/aromatic N) is 2. The Morgan fingerprint density at radius 2 is 1.85 bits per heavy atom. The first kappa shape index (κ1) is 24.6. The number of nitrogens with one attached hydrogen (secondary N) is 2. The summed E-state index contributed by atoms with van der Waals surface area (Å²) in [6, 6.07) is 9.06. The average Bonchev–Trinajstić information content (AvgIpc) is 2.73. The second kappa shape index (κ2) is 10.3. The van der Waals surface area contributed by atoms with Gasteiger partial charge in [-0.3, -0.25) is 0 Å². The number of carboxylic acid groups (broad SMARTS) is 1. The molecule has 13 heteroatoms. The second-order valence-electron chi connectivity index (χ2n) is 6.70. The van der Waals surface area contributed by atoms with Crippen molar-refractivity contribution in [2.24, 2.45) is 0 Å². The summed E-state index contributed by atoms with van der Waals surface area (Å²) in [7, 11) is 1.61. The van der Waals surface area contributed by atoms with E-state index < -0.39 is 12.1 Å². The van der Waals surface area contributed by atoms with Gasteiger partial charge in [-0.1, -0.05) is 23.2 Å². The summed E-state index contributed by atoms with van der Waals surface area (Å²) in [4.78, 5) is 17.6. The van der Waals surface area contributed by atoms with Crippen molar-refractivity contribution in [2.75, 3.05) is 25.5 Å². The first-order valence-electron chi connectivity index (χ1n) is 9.30. The predicted molar refractivity (Wildman–Crippen MR) is 117 cm³/mol. The Hall–Kier alpha value is -3.02. The van der Waals surface area contributed by atoms with Gasteiger partial charge in [0, 0.05) is 30.2 Å². The summed E-state index contributed by atoms with van der Waals surface area (Å²) in [5, 5.41) is 15.4. The number of anilines is 2. The van der Waals surface area contributed by atoms with E-state index in [0.717, 1.165) is 29.7 Å². The average molecular weight is 505 g/mol. The summed E-state index contributed by atoms with van der Waals surface area (Å²) in [6.07, 6.45) is -3.45. The molecule has 0 aliphatic carbocycles. The molecule has 0 bridgehead atoms. The third kappa shape index (κ3) is 6.28. The van der Waals surface area contributed by atoms with Gasteiger partial charge >= 0.3 is 12.1 Å². The van der Waals surface area contributed by atoms with E-state index in [4.69, 9.17) is 42.6 Å². The lowest BCUT2D eigenvalue weighted by Crippen LogP contribution is -2.50. The molecule has 1 aliphatic heterocycles. The molecule has 0 spiro atoms. The molecule has 0 amide bonds. The van der Waals surface area contributed by atoms with Crippen molar-refractivity contribution in [3.05, 3.63) is 46.7 Å². The number of hydrogen-bond donors (Lipinski definition) is 3. The number of carbonyl (C=O) groups is 1. The molecule has 1 aliphatic rings. The molecule has 1 saturated heterocycles. The van der Waals surface area contributed by atoms with Crippen molar-refractivity contribution in [1.29, 1.82) is 0 Å². The zero-order chi connectivity index (χ0) is 24.2. The molecule has 3 aromatic rings. The maximum absolute atomic E-state index is 10.6. The van der Waals surface area contributed by atoms with Crippen molar-refractivity contribution in [3.63, 3.8) is 0 Å². The van der Waals surface area contributed by atoms with E-state index in [-0.39, 0.29) is 6.10 Å². The van der Waals surface area contributed by atoms with E-state index in [2.05, 4.69) is 20.6 Å². The third-order valence-corrected chi connectivity index (χ3v) is 5.12. The number of aliphatic carboxylic acids is 1. The van der Waals surface area contributed by atoms with Crippen LogP contribution in [0.15, 0.2) is 36.7 Å². The smallest absolute Gasteiger partial charge is 0.490 e. The molecule has 1 fully saturated rings. The first-order chi connectivity index (χ1) is 15.6. The minimum Gasteiger partial charge on any atom is -0.493 e. The van der Waals surface area contributed by atoms with E-state index in [9.17, 15) is 13.2 Å². The van der Waals surface area contributed by atoms with Crippen LogP contribution in [0.5, 0.6) is 11.5 Å². The van der Waals surface area contributed by atoms with Gasteiger partial charge in [0.05, 0.1) is 22.7 Å².